The molecule has 138 valence electrons. The number of hydrogen-bond donors (Lipinski definition) is 1. The van der Waals surface area contributed by atoms with Crippen LogP contribution in [0.15, 0.2) is 24.3 Å². The molecule has 0 spiro atoms. The lowest BCUT2D eigenvalue weighted by Gasteiger charge is -2.36. The number of amides is 2. The number of hydrogen-bond acceptors (Lipinski definition) is 3. The minimum Gasteiger partial charge on any atom is -0.342 e. The van der Waals surface area contributed by atoms with Gasteiger partial charge in [-0.2, -0.15) is 0 Å². The molecular weight excluding hydrogens is 314 g/mol. The molecule has 1 fully saturated rings. The van der Waals surface area contributed by atoms with Crippen molar-refractivity contribution in [1.82, 2.24) is 10.3 Å². The number of hydrazine groups is 1. The van der Waals surface area contributed by atoms with Crippen molar-refractivity contribution in [1.29, 1.82) is 0 Å². The molecule has 0 aromatic heterocycles. The second-order valence-corrected chi connectivity index (χ2v) is 7.87. The van der Waals surface area contributed by atoms with Gasteiger partial charge in [0.2, 0.25) is 11.8 Å². The first-order chi connectivity index (χ1) is 11.7. The SMILES string of the molecule is CCN(NC(=O)C1CCN(C(=O)C(C)(C)C)CC1)c1ccc(C)cc1. The molecule has 2 amide bonds. The number of anilines is 1. The molecule has 1 N–H and O–H groups in total. The van der Waals surface area contributed by atoms with Crippen molar-refractivity contribution >= 4 is 17.5 Å². The first-order valence-electron chi connectivity index (χ1n) is 9.16. The third-order valence-electron chi connectivity index (χ3n) is 4.70. The van der Waals surface area contributed by atoms with Crippen LogP contribution in [-0.4, -0.2) is 36.3 Å². The largest absolute Gasteiger partial charge is 0.342 e. The van der Waals surface area contributed by atoms with Gasteiger partial charge in [-0.1, -0.05) is 38.5 Å². The summed E-state index contributed by atoms with van der Waals surface area (Å²) in [6.07, 6.45) is 1.44. The molecule has 5 nitrogen and oxygen atoms in total. The van der Waals surface area contributed by atoms with E-state index in [0.717, 1.165) is 18.5 Å². The highest BCUT2D eigenvalue weighted by molar-refractivity contribution is 5.83. The predicted molar refractivity (Wildman–Crippen MR) is 101 cm³/mol. The van der Waals surface area contributed by atoms with Gasteiger partial charge < -0.3 is 4.90 Å². The van der Waals surface area contributed by atoms with Gasteiger partial charge in [-0.15, -0.1) is 0 Å². The fourth-order valence-corrected chi connectivity index (χ4v) is 3.09. The lowest BCUT2D eigenvalue weighted by Crippen LogP contribution is -2.50. The van der Waals surface area contributed by atoms with E-state index < -0.39 is 0 Å². The molecule has 2 rings (SSSR count). The van der Waals surface area contributed by atoms with Crippen molar-refractivity contribution in [2.24, 2.45) is 11.3 Å². The molecule has 0 unspecified atom stereocenters. The number of aryl methyl sites for hydroxylation is 1. The van der Waals surface area contributed by atoms with Gasteiger partial charge >= 0.3 is 0 Å². The van der Waals surface area contributed by atoms with E-state index in [2.05, 4.69) is 5.43 Å². The maximum atomic E-state index is 12.6. The number of likely N-dealkylation sites (tertiary alicyclic amines) is 1. The summed E-state index contributed by atoms with van der Waals surface area (Å²) in [4.78, 5) is 26.9. The van der Waals surface area contributed by atoms with Crippen LogP contribution in [-0.2, 0) is 9.59 Å². The zero-order chi connectivity index (χ0) is 18.6. The quantitative estimate of drug-likeness (QED) is 0.853. The van der Waals surface area contributed by atoms with Crippen molar-refractivity contribution in [3.63, 3.8) is 0 Å². The summed E-state index contributed by atoms with van der Waals surface area (Å²) in [5.74, 6) is 0.176. The van der Waals surface area contributed by atoms with Crippen LogP contribution in [0.5, 0.6) is 0 Å². The maximum Gasteiger partial charge on any atom is 0.241 e. The van der Waals surface area contributed by atoms with Crippen LogP contribution in [0.3, 0.4) is 0 Å². The first-order valence-corrected chi connectivity index (χ1v) is 9.16. The molecule has 0 aliphatic carbocycles. The van der Waals surface area contributed by atoms with E-state index in [1.807, 2.05) is 68.8 Å². The molecule has 0 bridgehead atoms. The van der Waals surface area contributed by atoms with E-state index in [-0.39, 0.29) is 23.1 Å². The average molecular weight is 345 g/mol. The minimum atomic E-state index is -0.362. The zero-order valence-corrected chi connectivity index (χ0v) is 16.1. The van der Waals surface area contributed by atoms with Crippen LogP contribution >= 0.6 is 0 Å². The lowest BCUT2D eigenvalue weighted by atomic mass is 9.91. The number of carbonyl (C=O) groups excluding carboxylic acids is 2. The van der Waals surface area contributed by atoms with Gasteiger partial charge in [0.25, 0.3) is 0 Å². The van der Waals surface area contributed by atoms with Crippen LogP contribution in [0.4, 0.5) is 5.69 Å². The third kappa shape index (κ3) is 4.97. The summed E-state index contributed by atoms with van der Waals surface area (Å²) in [7, 11) is 0. The Morgan fingerprint density at radius 1 is 1.16 bits per heavy atom. The van der Waals surface area contributed by atoms with Gasteiger partial charge in [0.05, 0.1) is 5.69 Å². The summed E-state index contributed by atoms with van der Waals surface area (Å²) in [5.41, 5.74) is 4.86. The molecule has 5 heteroatoms. The smallest absolute Gasteiger partial charge is 0.241 e. The normalized spacial score (nSPS) is 15.8. The predicted octanol–water partition coefficient (Wildman–Crippen LogP) is 3.14. The van der Waals surface area contributed by atoms with Crippen molar-refractivity contribution in [2.45, 2.75) is 47.5 Å². The van der Waals surface area contributed by atoms with Gasteiger partial charge in [-0.05, 0) is 38.8 Å². The topological polar surface area (TPSA) is 52.7 Å². The van der Waals surface area contributed by atoms with Crippen LogP contribution in [0.1, 0.15) is 46.1 Å². The highest BCUT2D eigenvalue weighted by atomic mass is 16.2. The Bertz CT molecular complexity index is 596. The Labute approximate surface area is 151 Å². The van der Waals surface area contributed by atoms with Gasteiger partial charge in [-0.25, -0.2) is 0 Å². The number of benzene rings is 1. The van der Waals surface area contributed by atoms with Crippen molar-refractivity contribution in [2.75, 3.05) is 24.6 Å². The number of piperidine rings is 1. The number of rotatable bonds is 4. The standard InChI is InChI=1S/C20H31N3O2/c1-6-23(17-9-7-15(2)8-10-17)21-18(24)16-11-13-22(14-12-16)19(25)20(3,4)5/h7-10,16H,6,11-14H2,1-5H3,(H,21,24). The van der Waals surface area contributed by atoms with E-state index in [1.54, 1.807) is 0 Å². The summed E-state index contributed by atoms with van der Waals surface area (Å²) >= 11 is 0. The lowest BCUT2D eigenvalue weighted by molar-refractivity contribution is -0.142. The van der Waals surface area contributed by atoms with E-state index in [0.29, 0.717) is 19.6 Å². The van der Waals surface area contributed by atoms with Crippen LogP contribution in [0, 0.1) is 18.3 Å². The van der Waals surface area contributed by atoms with E-state index in [9.17, 15) is 9.59 Å². The molecule has 0 saturated carbocycles. The van der Waals surface area contributed by atoms with Gasteiger partial charge in [0.1, 0.15) is 0 Å². The van der Waals surface area contributed by atoms with E-state index >= 15 is 0 Å². The van der Waals surface area contributed by atoms with Gasteiger partial charge in [-0.3, -0.25) is 20.0 Å². The second-order valence-electron chi connectivity index (χ2n) is 7.87. The zero-order valence-electron chi connectivity index (χ0n) is 16.1. The average Bonchev–Trinajstić information content (AvgIpc) is 2.59. The Kier molecular flexibility index (Phi) is 6.09. The molecule has 1 aromatic rings. The van der Waals surface area contributed by atoms with Crippen molar-refractivity contribution < 1.29 is 9.59 Å². The third-order valence-corrected chi connectivity index (χ3v) is 4.70. The van der Waals surface area contributed by atoms with E-state index in [1.165, 1.54) is 5.56 Å². The molecule has 0 radical (unpaired) electrons. The molecule has 0 atom stereocenters. The molecule has 1 aliphatic rings. The second kappa shape index (κ2) is 7.89. The van der Waals surface area contributed by atoms with Crippen LogP contribution in [0.2, 0.25) is 0 Å². The Morgan fingerprint density at radius 2 is 1.72 bits per heavy atom. The van der Waals surface area contributed by atoms with Gasteiger partial charge in [0, 0.05) is 31.0 Å². The molecule has 25 heavy (non-hydrogen) atoms. The maximum absolute atomic E-state index is 12.6. The summed E-state index contributed by atoms with van der Waals surface area (Å²) in [5, 5.41) is 1.88. The fourth-order valence-electron chi connectivity index (χ4n) is 3.09. The summed E-state index contributed by atoms with van der Waals surface area (Å²) in [6.45, 7) is 11.9. The first kappa shape index (κ1) is 19.3. The Morgan fingerprint density at radius 3 is 2.20 bits per heavy atom. The monoisotopic (exact) mass is 345 g/mol. The summed E-state index contributed by atoms with van der Waals surface area (Å²) < 4.78 is 0. The van der Waals surface area contributed by atoms with Gasteiger partial charge in [0.15, 0.2) is 0 Å². The molecule has 1 aliphatic heterocycles. The van der Waals surface area contributed by atoms with Crippen molar-refractivity contribution in [3.05, 3.63) is 29.8 Å². The Balaban J connectivity index is 1.91. The van der Waals surface area contributed by atoms with E-state index in [4.69, 9.17) is 0 Å². The highest BCUT2D eigenvalue weighted by Crippen LogP contribution is 2.24. The number of nitrogens with zero attached hydrogens (tertiary/aromatic N) is 2. The highest BCUT2D eigenvalue weighted by Gasteiger charge is 2.32. The molecule has 1 saturated heterocycles. The van der Waals surface area contributed by atoms with Crippen LogP contribution < -0.4 is 10.4 Å². The molecular formula is C20H31N3O2. The number of carbonyl (C=O) groups is 2. The molecule has 1 aromatic carbocycles. The van der Waals surface area contributed by atoms with Crippen LogP contribution in [0.25, 0.3) is 0 Å². The Hall–Kier alpha value is -2.04. The minimum absolute atomic E-state index is 0.0384. The number of nitrogens with one attached hydrogen (secondary N) is 1. The summed E-state index contributed by atoms with van der Waals surface area (Å²) in [6, 6.07) is 8.12. The van der Waals surface area contributed by atoms with Crippen molar-refractivity contribution in [3.8, 4) is 0 Å². The fraction of sp³-hybridized carbons (Fsp3) is 0.600. The molecule has 1 heterocycles.